The van der Waals surface area contributed by atoms with Gasteiger partial charge < -0.3 is 69.6 Å². The molecule has 24 nitrogen and oxygen atoms in total. The molecule has 0 aliphatic rings. The number of aliphatic carboxylic acids is 1. The van der Waals surface area contributed by atoms with Crippen LogP contribution in [-0.2, 0) is 67.2 Å². The van der Waals surface area contributed by atoms with Crippen LogP contribution in [0, 0.1) is 5.92 Å². The number of carboxylic acids is 1. The van der Waals surface area contributed by atoms with E-state index in [4.69, 9.17) is 22.3 Å². The van der Waals surface area contributed by atoms with Gasteiger partial charge >= 0.3 is 5.97 Å². The number of primary amides is 2. The van der Waals surface area contributed by atoms with Crippen LogP contribution in [0.25, 0.3) is 0 Å². The van der Waals surface area contributed by atoms with Crippen molar-refractivity contribution in [1.82, 2.24) is 47.2 Å². The Labute approximate surface area is 407 Å². The second-order valence-electron chi connectivity index (χ2n) is 16.7. The summed E-state index contributed by atoms with van der Waals surface area (Å²) in [6, 6.07) is 5.01. The van der Waals surface area contributed by atoms with Crippen molar-refractivity contribution >= 4 is 70.9 Å². The molecule has 25 heteroatoms. The number of phenols is 1. The summed E-state index contributed by atoms with van der Waals surface area (Å²) in [5, 5.41) is 36.3. The first-order valence-electron chi connectivity index (χ1n) is 22.1. The maximum Gasteiger partial charge on any atom is 0.305 e. The molecule has 7 unspecified atom stereocenters. The highest BCUT2D eigenvalue weighted by molar-refractivity contribution is 7.98. The van der Waals surface area contributed by atoms with Crippen LogP contribution < -0.4 is 54.4 Å². The number of amides is 9. The van der Waals surface area contributed by atoms with Crippen LogP contribution >= 0.6 is 11.8 Å². The van der Waals surface area contributed by atoms with Crippen molar-refractivity contribution in [2.45, 2.75) is 101 Å². The summed E-state index contributed by atoms with van der Waals surface area (Å²) in [6.45, 7) is 2.78. The first-order chi connectivity index (χ1) is 33.1. The highest BCUT2D eigenvalue weighted by Gasteiger charge is 2.34. The number of aromatic hydroxyl groups is 1. The van der Waals surface area contributed by atoms with Gasteiger partial charge in [0.05, 0.1) is 31.8 Å². The van der Waals surface area contributed by atoms with Gasteiger partial charge in [0.2, 0.25) is 53.2 Å². The largest absolute Gasteiger partial charge is 0.508 e. The van der Waals surface area contributed by atoms with Crippen molar-refractivity contribution in [3.05, 3.63) is 83.9 Å². The predicted molar refractivity (Wildman–Crippen MR) is 255 cm³/mol. The number of carbonyl (C=O) groups is 10. The number of nitrogens with one attached hydrogen (secondary N) is 8. The Morgan fingerprint density at radius 1 is 0.657 bits per heavy atom. The Balaban J connectivity index is 1.78. The molecule has 0 saturated carbocycles. The first-order valence-corrected chi connectivity index (χ1v) is 23.5. The molecule has 1 heterocycles. The maximum absolute atomic E-state index is 14.1. The van der Waals surface area contributed by atoms with Crippen LogP contribution in [0.3, 0.4) is 0 Å². The van der Waals surface area contributed by atoms with Crippen LogP contribution in [0.5, 0.6) is 5.75 Å². The molecule has 9 amide bonds. The number of thioether (sulfide) groups is 1. The summed E-state index contributed by atoms with van der Waals surface area (Å²) in [4.78, 5) is 137. The molecule has 16 N–H and O–H groups in total. The standard InChI is InChI=1S/C45H62N12O12S/c1-24(2)15-32(43(67)57-33(17-26-9-11-28(58)12-10-26)44(68)54-31(39(48)63)16-25-7-5-4-6-8-25)56-42(66)30(13-14-70-3)53-45(69)35(20-36(47)59)52-37(60)22-50-41(65)34(18-27-21-49-23-51-27)55-40(64)29(46)19-38(61)62/h4-12,21,23-24,29-35,58H,13-20,22,46H2,1-3H3,(H2,47,59)(H2,48,63)(H,49,51)(H,50,65)(H,52,60)(H,53,69)(H,54,68)(H,55,64)(H,56,66)(H,57,67)(H,61,62). The highest BCUT2D eigenvalue weighted by Crippen LogP contribution is 2.14. The summed E-state index contributed by atoms with van der Waals surface area (Å²) in [6.07, 6.45) is 2.78. The smallest absolute Gasteiger partial charge is 0.305 e. The quantitative estimate of drug-likeness (QED) is 0.0319. The number of aromatic amines is 1. The summed E-state index contributed by atoms with van der Waals surface area (Å²) in [5.41, 5.74) is 18.4. The molecule has 0 saturated heterocycles. The fraction of sp³-hybridized carbons (Fsp3) is 0.444. The molecular weight excluding hydrogens is 933 g/mol. The second kappa shape index (κ2) is 28.7. The third-order valence-corrected chi connectivity index (χ3v) is 11.0. The lowest BCUT2D eigenvalue weighted by Crippen LogP contribution is -2.60. The van der Waals surface area contributed by atoms with Gasteiger partial charge in [-0.15, -0.1) is 0 Å². The molecule has 0 spiro atoms. The van der Waals surface area contributed by atoms with E-state index >= 15 is 0 Å². The Morgan fingerprint density at radius 3 is 1.79 bits per heavy atom. The lowest BCUT2D eigenvalue weighted by Gasteiger charge is -2.28. The third-order valence-electron chi connectivity index (χ3n) is 10.4. The average molecular weight is 995 g/mol. The molecule has 0 radical (unpaired) electrons. The Bertz CT molecular complexity index is 2270. The Kier molecular flexibility index (Phi) is 23.3. The summed E-state index contributed by atoms with van der Waals surface area (Å²) in [7, 11) is 0. The normalized spacial score (nSPS) is 14.0. The van der Waals surface area contributed by atoms with Crippen molar-refractivity contribution in [1.29, 1.82) is 0 Å². The topological polar surface area (TPSA) is 402 Å². The molecule has 1 aromatic heterocycles. The van der Waals surface area contributed by atoms with Crippen molar-refractivity contribution in [3.8, 4) is 5.75 Å². The zero-order valence-electron chi connectivity index (χ0n) is 38.9. The number of rotatable bonds is 30. The van der Waals surface area contributed by atoms with Gasteiger partial charge in [-0.25, -0.2) is 4.98 Å². The molecule has 2 aromatic carbocycles. The predicted octanol–water partition coefficient (Wildman–Crippen LogP) is -2.87. The monoisotopic (exact) mass is 994 g/mol. The zero-order chi connectivity index (χ0) is 51.9. The van der Waals surface area contributed by atoms with E-state index in [0.29, 0.717) is 22.6 Å². The molecule has 380 valence electrons. The lowest BCUT2D eigenvalue weighted by atomic mass is 9.99. The molecule has 7 atom stereocenters. The molecule has 3 aromatic rings. The number of hydrogen-bond donors (Lipinski definition) is 13. The number of carboxylic acid groups (broad SMARTS) is 1. The summed E-state index contributed by atoms with van der Waals surface area (Å²) >= 11 is 1.33. The van der Waals surface area contributed by atoms with Gasteiger partial charge in [-0.3, -0.25) is 47.9 Å². The molecule has 0 fully saturated rings. The van der Waals surface area contributed by atoms with Crippen molar-refractivity contribution < 1.29 is 58.2 Å². The number of phenolic OH excluding ortho intramolecular Hbond substituents is 1. The number of carbonyl (C=O) groups excluding carboxylic acids is 9. The van der Waals surface area contributed by atoms with Gasteiger partial charge in [0.25, 0.3) is 0 Å². The minimum atomic E-state index is -1.67. The van der Waals surface area contributed by atoms with Crippen molar-refractivity contribution in [2.75, 3.05) is 18.6 Å². The number of nitrogens with zero attached hydrogens (tertiary/aromatic N) is 1. The molecule has 0 aliphatic carbocycles. The first kappa shape index (κ1) is 56.8. The number of aromatic nitrogens is 2. The second-order valence-corrected chi connectivity index (χ2v) is 17.7. The van der Waals surface area contributed by atoms with Gasteiger partial charge in [-0.1, -0.05) is 56.3 Å². The molecule has 3 rings (SSSR count). The number of H-pyrrole nitrogens is 1. The van der Waals surface area contributed by atoms with Gasteiger partial charge in [0.15, 0.2) is 0 Å². The fourth-order valence-electron chi connectivity index (χ4n) is 6.78. The molecule has 70 heavy (non-hydrogen) atoms. The number of nitrogens with two attached hydrogens (primary N) is 3. The van der Waals surface area contributed by atoms with Gasteiger partial charge in [-0.2, -0.15) is 11.8 Å². The van der Waals surface area contributed by atoms with E-state index in [9.17, 15) is 53.1 Å². The molecule has 0 aliphatic heterocycles. The number of benzene rings is 2. The van der Waals surface area contributed by atoms with Crippen molar-refractivity contribution in [3.63, 3.8) is 0 Å². The lowest BCUT2D eigenvalue weighted by molar-refractivity contribution is -0.139. The van der Waals surface area contributed by atoms with Crippen LogP contribution in [0.2, 0.25) is 0 Å². The average Bonchev–Trinajstić information content (AvgIpc) is 3.82. The van der Waals surface area contributed by atoms with Crippen LogP contribution in [0.1, 0.15) is 56.4 Å². The van der Waals surface area contributed by atoms with E-state index in [1.165, 1.54) is 36.4 Å². The molecular formula is C45H62N12O12S. The van der Waals surface area contributed by atoms with E-state index in [0.717, 1.165) is 0 Å². The minimum Gasteiger partial charge on any atom is -0.508 e. The van der Waals surface area contributed by atoms with Gasteiger partial charge in [-0.05, 0) is 54.0 Å². The fourth-order valence-corrected chi connectivity index (χ4v) is 7.25. The zero-order valence-corrected chi connectivity index (χ0v) is 39.7. The van der Waals surface area contributed by atoms with E-state index in [1.54, 1.807) is 62.6 Å². The number of hydrogen-bond acceptors (Lipinski definition) is 14. The van der Waals surface area contributed by atoms with E-state index in [-0.39, 0.29) is 43.8 Å². The van der Waals surface area contributed by atoms with Crippen LogP contribution in [-0.4, -0.2) is 140 Å². The van der Waals surface area contributed by atoms with Crippen molar-refractivity contribution in [2.24, 2.45) is 23.1 Å². The van der Waals surface area contributed by atoms with Crippen LogP contribution in [0.4, 0.5) is 0 Å². The Morgan fingerprint density at radius 2 is 1.20 bits per heavy atom. The number of imidazole rings is 1. The summed E-state index contributed by atoms with van der Waals surface area (Å²) in [5.74, 6) is -9.39. The van der Waals surface area contributed by atoms with Gasteiger partial charge in [0.1, 0.15) is 42.0 Å². The van der Waals surface area contributed by atoms with Crippen LogP contribution in [0.15, 0.2) is 67.1 Å². The maximum atomic E-state index is 14.1. The van der Waals surface area contributed by atoms with Gasteiger partial charge in [0, 0.05) is 31.2 Å². The highest BCUT2D eigenvalue weighted by atomic mass is 32.2. The molecule has 0 bridgehead atoms. The minimum absolute atomic E-state index is 0.00339. The van der Waals surface area contributed by atoms with E-state index in [1.807, 2.05) is 0 Å². The SMILES string of the molecule is CSCCC(NC(=O)C(CC(N)=O)NC(=O)CNC(=O)C(Cc1cnc[nH]1)NC(=O)C(N)CC(=O)O)C(=O)NC(CC(C)C)C(=O)NC(Cc1ccc(O)cc1)C(=O)NC(Cc1ccccc1)C(N)=O. The third kappa shape index (κ3) is 20.4. The Hall–Kier alpha value is -7.54. The summed E-state index contributed by atoms with van der Waals surface area (Å²) < 4.78 is 0. The van der Waals surface area contributed by atoms with E-state index < -0.39 is 121 Å². The van der Waals surface area contributed by atoms with E-state index in [2.05, 4.69) is 47.2 Å².